The van der Waals surface area contributed by atoms with Gasteiger partial charge in [0.25, 0.3) is 14.8 Å². The van der Waals surface area contributed by atoms with Crippen molar-refractivity contribution in [2.24, 2.45) is 0 Å². The first kappa shape index (κ1) is 8.45. The van der Waals surface area contributed by atoms with Crippen molar-refractivity contribution in [2.45, 2.75) is 0 Å². The number of hydrogen-bond donors (Lipinski definition) is 0. The van der Waals surface area contributed by atoms with Gasteiger partial charge in [0.2, 0.25) is 0 Å². The van der Waals surface area contributed by atoms with E-state index in [1.165, 1.54) is 20.2 Å². The molecular weight excluding hydrogens is 256 g/mol. The Hall–Kier alpha value is -0.860. The zero-order valence-electron chi connectivity index (χ0n) is 7.41. The Morgan fingerprint density at radius 1 is 0.714 bits per heavy atom. The third-order valence-corrected chi connectivity index (χ3v) is 6.03. The lowest BCUT2D eigenvalue weighted by atomic mass is 10.2. The van der Waals surface area contributed by atoms with Gasteiger partial charge in [-0.2, -0.15) is 0 Å². The van der Waals surface area contributed by atoms with Gasteiger partial charge in [-0.15, -0.1) is 0 Å². The highest BCUT2D eigenvalue weighted by Crippen LogP contribution is 2.46. The van der Waals surface area contributed by atoms with Crippen molar-refractivity contribution < 1.29 is 0 Å². The molecule has 0 bridgehead atoms. The Labute approximate surface area is 92.3 Å². The van der Waals surface area contributed by atoms with Crippen molar-refractivity contribution in [1.29, 1.82) is 0 Å². The van der Waals surface area contributed by atoms with Gasteiger partial charge in [-0.25, -0.2) is 0 Å². The van der Waals surface area contributed by atoms with Crippen LogP contribution in [0.25, 0.3) is 20.2 Å². The highest BCUT2D eigenvalue weighted by molar-refractivity contribution is 9.35. The molecule has 1 heterocycles. The number of hydrogen-bond acceptors (Lipinski definition) is 0. The average molecular weight is 264 g/mol. The minimum absolute atomic E-state index is 0.0898. The van der Waals surface area contributed by atoms with Crippen molar-refractivity contribution in [3.63, 3.8) is 0 Å². The molecule has 0 radical (unpaired) electrons. The predicted molar refractivity (Wildman–Crippen MR) is 68.3 cm³/mol. The van der Waals surface area contributed by atoms with Gasteiger partial charge in [0.05, 0.1) is 8.90 Å². The van der Waals surface area contributed by atoms with Crippen LogP contribution >= 0.6 is 23.7 Å². The lowest BCUT2D eigenvalue weighted by molar-refractivity contribution is 1.84. The number of fused-ring (bicyclic) bond motifs is 3. The molecule has 14 heavy (non-hydrogen) atoms. The Bertz CT molecular complexity index is 557. The molecule has 0 nitrogen and oxygen atoms in total. The lowest BCUT2D eigenvalue weighted by Gasteiger charge is -1.83. The fraction of sp³-hybridized carbons (Fsp3) is 0. The van der Waals surface area contributed by atoms with Crippen LogP contribution in [0.1, 0.15) is 0 Å². The maximum Gasteiger partial charge on any atom is 0.269 e. The van der Waals surface area contributed by atoms with Crippen molar-refractivity contribution >= 4 is 43.9 Å². The zero-order valence-corrected chi connectivity index (χ0v) is 9.81. The van der Waals surface area contributed by atoms with E-state index in [-0.39, 0.29) is 8.90 Å². The maximum atomic E-state index is 3.76. The molecule has 2 heteroatoms. The van der Waals surface area contributed by atoms with E-state index in [0.717, 1.165) is 0 Å². The number of rotatable bonds is 0. The van der Waals surface area contributed by atoms with Crippen LogP contribution in [0.5, 0.6) is 0 Å². The van der Waals surface area contributed by atoms with E-state index in [1.54, 1.807) is 0 Å². The summed E-state index contributed by atoms with van der Waals surface area (Å²) in [5.74, 6) is 0. The van der Waals surface area contributed by atoms with Crippen LogP contribution in [0, 0.1) is 0 Å². The van der Waals surface area contributed by atoms with Gasteiger partial charge in [0.1, 0.15) is 0 Å². The Kier molecular flexibility index (Phi) is 1.85. The number of halogens is 1. The number of benzene rings is 2. The SMILES string of the molecule is Br[s+]1c2ccccc2c2ccccc21. The monoisotopic (exact) mass is 263 g/mol. The maximum absolute atomic E-state index is 3.76. The summed E-state index contributed by atoms with van der Waals surface area (Å²) < 4.78 is 2.82. The smallest absolute Gasteiger partial charge is 0.0612 e. The molecule has 0 aliphatic rings. The summed E-state index contributed by atoms with van der Waals surface area (Å²) in [7, 11) is 0.0898. The zero-order chi connectivity index (χ0) is 9.54. The summed E-state index contributed by atoms with van der Waals surface area (Å²) in [6.07, 6.45) is 0. The fourth-order valence-corrected chi connectivity index (χ4v) is 4.88. The van der Waals surface area contributed by atoms with Crippen molar-refractivity contribution in [3.05, 3.63) is 48.5 Å². The summed E-state index contributed by atoms with van der Waals surface area (Å²) in [6, 6.07) is 17.2. The molecule has 1 aromatic heterocycles. The molecule has 0 spiro atoms. The Morgan fingerprint density at radius 3 is 1.64 bits per heavy atom. The highest BCUT2D eigenvalue weighted by atomic mass is 79.9. The minimum atomic E-state index is 0.0898. The molecule has 0 aliphatic heterocycles. The first-order chi connectivity index (χ1) is 6.88. The highest BCUT2D eigenvalue weighted by Gasteiger charge is 2.17. The molecule has 0 amide bonds. The second-order valence-electron chi connectivity index (χ2n) is 3.25. The third-order valence-electron chi connectivity index (χ3n) is 2.45. The molecule has 0 atom stereocenters. The van der Waals surface area contributed by atoms with Crippen LogP contribution in [0.2, 0.25) is 0 Å². The van der Waals surface area contributed by atoms with E-state index in [4.69, 9.17) is 0 Å². The van der Waals surface area contributed by atoms with Gasteiger partial charge < -0.3 is 0 Å². The van der Waals surface area contributed by atoms with Gasteiger partial charge >= 0.3 is 0 Å². The van der Waals surface area contributed by atoms with Gasteiger partial charge in [-0.3, -0.25) is 0 Å². The van der Waals surface area contributed by atoms with Crippen molar-refractivity contribution in [2.75, 3.05) is 0 Å². The molecule has 0 saturated carbocycles. The standard InChI is InChI=1S/C12H8BrS/c13-14-11-7-3-1-5-9(11)10-6-2-4-8-12(10)14/h1-8H/q+1. The molecular formula is C12H8BrS+. The van der Waals surface area contributed by atoms with E-state index in [0.29, 0.717) is 0 Å². The van der Waals surface area contributed by atoms with E-state index in [1.807, 2.05) is 0 Å². The second kappa shape index (κ2) is 3.07. The van der Waals surface area contributed by atoms with Gasteiger partial charge in [-0.05, 0) is 24.3 Å². The molecule has 0 saturated heterocycles. The first-order valence-corrected chi connectivity index (χ1v) is 7.53. The summed E-state index contributed by atoms with van der Waals surface area (Å²) in [6.45, 7) is 0. The molecule has 68 valence electrons. The van der Waals surface area contributed by atoms with E-state index < -0.39 is 0 Å². The van der Waals surface area contributed by atoms with Crippen molar-refractivity contribution in [3.8, 4) is 0 Å². The fourth-order valence-electron chi connectivity index (χ4n) is 1.81. The van der Waals surface area contributed by atoms with Crippen LogP contribution < -0.4 is 0 Å². The molecule has 0 unspecified atom stereocenters. The molecule has 3 rings (SSSR count). The lowest BCUT2D eigenvalue weighted by Crippen LogP contribution is -1.62. The molecule has 2 aromatic carbocycles. The Morgan fingerprint density at radius 2 is 1.14 bits per heavy atom. The largest absolute Gasteiger partial charge is 0.269 e. The van der Waals surface area contributed by atoms with E-state index >= 15 is 0 Å². The third kappa shape index (κ3) is 1.04. The topological polar surface area (TPSA) is 0 Å². The summed E-state index contributed by atoms with van der Waals surface area (Å²) >= 11 is 3.76. The van der Waals surface area contributed by atoms with Crippen LogP contribution in [-0.4, -0.2) is 0 Å². The number of thiophene rings is 1. The van der Waals surface area contributed by atoms with Crippen LogP contribution in [-0.2, 0) is 0 Å². The molecule has 0 fully saturated rings. The van der Waals surface area contributed by atoms with Gasteiger partial charge in [-0.1, -0.05) is 24.3 Å². The van der Waals surface area contributed by atoms with Crippen molar-refractivity contribution in [1.82, 2.24) is 0 Å². The first-order valence-electron chi connectivity index (χ1n) is 4.47. The Balaban J connectivity index is 2.69. The van der Waals surface area contributed by atoms with E-state index in [9.17, 15) is 0 Å². The second-order valence-corrected chi connectivity index (χ2v) is 6.58. The molecule has 0 aliphatic carbocycles. The predicted octanol–water partition coefficient (Wildman–Crippen LogP) is 4.90. The summed E-state index contributed by atoms with van der Waals surface area (Å²) in [5.41, 5.74) is 0. The summed E-state index contributed by atoms with van der Waals surface area (Å²) in [5, 5.41) is 2.76. The molecule has 0 N–H and O–H groups in total. The van der Waals surface area contributed by atoms with Gasteiger partial charge in [0, 0.05) is 10.8 Å². The minimum Gasteiger partial charge on any atom is -0.0612 e. The normalized spacial score (nSPS) is 11.2. The molecule has 3 aromatic rings. The van der Waals surface area contributed by atoms with Crippen LogP contribution in [0.3, 0.4) is 0 Å². The van der Waals surface area contributed by atoms with Crippen LogP contribution in [0.15, 0.2) is 48.5 Å². The quantitative estimate of drug-likeness (QED) is 0.506. The van der Waals surface area contributed by atoms with Crippen LogP contribution in [0.4, 0.5) is 0 Å². The van der Waals surface area contributed by atoms with Gasteiger partial charge in [0.15, 0.2) is 9.40 Å². The average Bonchev–Trinajstić information content (AvgIpc) is 2.55. The van der Waals surface area contributed by atoms with E-state index in [2.05, 4.69) is 63.3 Å². The summed E-state index contributed by atoms with van der Waals surface area (Å²) in [4.78, 5) is 0.